The molecule has 0 radical (unpaired) electrons. The van der Waals surface area contributed by atoms with Crippen LogP contribution in [0.3, 0.4) is 0 Å². The lowest BCUT2D eigenvalue weighted by Crippen LogP contribution is -2.21. The average Bonchev–Trinajstić information content (AvgIpc) is 2.46. The molecular weight excluding hydrogens is 264 g/mol. The number of rotatable bonds is 10. The fraction of sp³-hybridized carbons (Fsp3) is 0.647. The summed E-state index contributed by atoms with van der Waals surface area (Å²) in [7, 11) is 7.63. The van der Waals surface area contributed by atoms with Gasteiger partial charge in [0.1, 0.15) is 5.75 Å². The van der Waals surface area contributed by atoms with E-state index in [2.05, 4.69) is 43.4 Å². The molecule has 0 heterocycles. The highest BCUT2D eigenvalue weighted by molar-refractivity contribution is 5.38. The van der Waals surface area contributed by atoms with Gasteiger partial charge in [0.05, 0.1) is 13.7 Å². The second-order valence-corrected chi connectivity index (χ2v) is 5.69. The van der Waals surface area contributed by atoms with Crippen molar-refractivity contribution in [2.45, 2.75) is 32.4 Å². The molecule has 1 rings (SSSR count). The van der Waals surface area contributed by atoms with E-state index in [1.807, 2.05) is 6.07 Å². The smallest absolute Gasteiger partial charge is 0.124 e. The molecule has 1 aromatic carbocycles. The predicted molar refractivity (Wildman–Crippen MR) is 87.9 cm³/mol. The van der Waals surface area contributed by atoms with Crippen molar-refractivity contribution in [2.24, 2.45) is 0 Å². The molecule has 0 spiro atoms. The van der Waals surface area contributed by atoms with E-state index >= 15 is 0 Å². The van der Waals surface area contributed by atoms with E-state index in [0.717, 1.165) is 24.4 Å². The Balaban J connectivity index is 2.49. The molecule has 21 heavy (non-hydrogen) atoms. The molecule has 1 N–H and O–H groups in total. The van der Waals surface area contributed by atoms with Crippen LogP contribution in [0.15, 0.2) is 18.2 Å². The summed E-state index contributed by atoms with van der Waals surface area (Å²) < 4.78 is 10.6. The molecule has 4 nitrogen and oxygen atoms in total. The number of hydrogen-bond acceptors (Lipinski definition) is 4. The lowest BCUT2D eigenvalue weighted by Gasteiger charge is -2.17. The molecule has 4 heteroatoms. The summed E-state index contributed by atoms with van der Waals surface area (Å²) >= 11 is 0. The van der Waals surface area contributed by atoms with Crippen LogP contribution in [0.5, 0.6) is 5.75 Å². The van der Waals surface area contributed by atoms with Crippen molar-refractivity contribution >= 4 is 0 Å². The third-order valence-corrected chi connectivity index (χ3v) is 3.59. The van der Waals surface area contributed by atoms with Gasteiger partial charge in [0.15, 0.2) is 0 Å². The molecule has 0 saturated carbocycles. The Labute approximate surface area is 129 Å². The van der Waals surface area contributed by atoms with E-state index in [1.165, 1.54) is 18.4 Å². The third-order valence-electron chi connectivity index (χ3n) is 3.59. The topological polar surface area (TPSA) is 33.7 Å². The van der Waals surface area contributed by atoms with Crippen LogP contribution in [0, 0.1) is 0 Å². The van der Waals surface area contributed by atoms with Crippen molar-refractivity contribution in [1.82, 2.24) is 10.2 Å². The van der Waals surface area contributed by atoms with Crippen molar-refractivity contribution in [3.8, 4) is 5.75 Å². The normalized spacial score (nSPS) is 12.7. The zero-order valence-electron chi connectivity index (χ0n) is 14.1. The van der Waals surface area contributed by atoms with E-state index in [4.69, 9.17) is 9.47 Å². The summed E-state index contributed by atoms with van der Waals surface area (Å²) in [6.45, 7) is 4.97. The third kappa shape index (κ3) is 6.46. The van der Waals surface area contributed by atoms with Gasteiger partial charge in [-0.2, -0.15) is 0 Å². The molecule has 0 amide bonds. The van der Waals surface area contributed by atoms with Crippen LogP contribution in [0.25, 0.3) is 0 Å². The van der Waals surface area contributed by atoms with Crippen LogP contribution >= 0.6 is 0 Å². The first-order valence-electron chi connectivity index (χ1n) is 7.62. The lowest BCUT2D eigenvalue weighted by atomic mass is 10.0. The van der Waals surface area contributed by atoms with Crippen molar-refractivity contribution in [2.75, 3.05) is 41.4 Å². The molecule has 1 atom stereocenters. The Morgan fingerprint density at radius 3 is 2.57 bits per heavy atom. The molecule has 0 fully saturated rings. The first kappa shape index (κ1) is 18.0. The van der Waals surface area contributed by atoms with E-state index in [0.29, 0.717) is 12.6 Å². The minimum Gasteiger partial charge on any atom is -0.496 e. The summed E-state index contributed by atoms with van der Waals surface area (Å²) in [5.74, 6) is 0.888. The highest BCUT2D eigenvalue weighted by Gasteiger charge is 2.09. The van der Waals surface area contributed by atoms with Crippen LogP contribution in [0.4, 0.5) is 0 Å². The zero-order chi connectivity index (χ0) is 15.7. The highest BCUT2D eigenvalue weighted by atomic mass is 16.5. The number of benzene rings is 1. The van der Waals surface area contributed by atoms with Gasteiger partial charge in [-0.05, 0) is 64.6 Å². The fourth-order valence-corrected chi connectivity index (χ4v) is 2.33. The van der Waals surface area contributed by atoms with Gasteiger partial charge in [0, 0.05) is 18.7 Å². The number of unbranched alkanes of at least 4 members (excludes halogenated alkanes) is 1. The Kier molecular flexibility index (Phi) is 8.35. The van der Waals surface area contributed by atoms with Crippen molar-refractivity contribution < 1.29 is 9.47 Å². The Morgan fingerprint density at radius 2 is 1.95 bits per heavy atom. The number of nitrogens with zero attached hydrogens (tertiary/aromatic N) is 1. The van der Waals surface area contributed by atoms with Crippen LogP contribution in [0.2, 0.25) is 0 Å². The molecule has 1 unspecified atom stereocenters. The number of hydrogen-bond donors (Lipinski definition) is 1. The first-order chi connectivity index (χ1) is 10.1. The number of ether oxygens (including phenoxy) is 2. The maximum Gasteiger partial charge on any atom is 0.124 e. The molecule has 0 aliphatic heterocycles. The van der Waals surface area contributed by atoms with Gasteiger partial charge < -0.3 is 19.7 Å². The lowest BCUT2D eigenvalue weighted by molar-refractivity contribution is 0.181. The largest absolute Gasteiger partial charge is 0.496 e. The van der Waals surface area contributed by atoms with Crippen molar-refractivity contribution in [3.63, 3.8) is 0 Å². The van der Waals surface area contributed by atoms with E-state index < -0.39 is 0 Å². The van der Waals surface area contributed by atoms with Gasteiger partial charge in [-0.25, -0.2) is 0 Å². The van der Waals surface area contributed by atoms with Gasteiger partial charge in [-0.3, -0.25) is 0 Å². The Bertz CT molecular complexity index is 408. The second-order valence-electron chi connectivity index (χ2n) is 5.69. The quantitative estimate of drug-likeness (QED) is 0.673. The summed E-state index contributed by atoms with van der Waals surface area (Å²) in [6, 6.07) is 6.65. The molecule has 0 aromatic heterocycles. The van der Waals surface area contributed by atoms with Gasteiger partial charge in [0.25, 0.3) is 0 Å². The standard InChI is InChI=1S/C17H30N2O2/c1-14(18-10-6-7-11-19(2)3)15-8-9-17(21-5)16(12-15)13-20-4/h8-9,12,14,18H,6-7,10-11,13H2,1-5H3. The van der Waals surface area contributed by atoms with Crippen LogP contribution < -0.4 is 10.1 Å². The SMILES string of the molecule is COCc1cc(C(C)NCCCCN(C)C)ccc1OC. The monoisotopic (exact) mass is 294 g/mol. The molecule has 1 aromatic rings. The highest BCUT2D eigenvalue weighted by Crippen LogP contribution is 2.24. The maximum absolute atomic E-state index is 5.36. The van der Waals surface area contributed by atoms with Crippen molar-refractivity contribution in [1.29, 1.82) is 0 Å². The average molecular weight is 294 g/mol. The van der Waals surface area contributed by atoms with Gasteiger partial charge in [0.2, 0.25) is 0 Å². The van der Waals surface area contributed by atoms with Gasteiger partial charge in [-0.1, -0.05) is 6.07 Å². The molecule has 0 saturated heterocycles. The second kappa shape index (κ2) is 9.77. The number of methoxy groups -OCH3 is 2. The van der Waals surface area contributed by atoms with E-state index in [9.17, 15) is 0 Å². The minimum absolute atomic E-state index is 0.339. The van der Waals surface area contributed by atoms with Gasteiger partial charge in [-0.15, -0.1) is 0 Å². The summed E-state index contributed by atoms with van der Waals surface area (Å²) in [5.41, 5.74) is 2.37. The van der Waals surface area contributed by atoms with Crippen LogP contribution in [0.1, 0.15) is 36.9 Å². The maximum atomic E-state index is 5.36. The zero-order valence-corrected chi connectivity index (χ0v) is 14.1. The fourth-order valence-electron chi connectivity index (χ4n) is 2.33. The van der Waals surface area contributed by atoms with E-state index in [1.54, 1.807) is 14.2 Å². The predicted octanol–water partition coefficient (Wildman–Crippen LogP) is 2.83. The first-order valence-corrected chi connectivity index (χ1v) is 7.62. The van der Waals surface area contributed by atoms with Crippen molar-refractivity contribution in [3.05, 3.63) is 29.3 Å². The molecule has 120 valence electrons. The Morgan fingerprint density at radius 1 is 1.19 bits per heavy atom. The number of nitrogens with one attached hydrogen (secondary N) is 1. The molecular formula is C17H30N2O2. The molecule has 0 bridgehead atoms. The van der Waals surface area contributed by atoms with Crippen LogP contribution in [-0.2, 0) is 11.3 Å². The molecule has 0 aliphatic rings. The summed E-state index contributed by atoms with van der Waals surface area (Å²) in [6.07, 6.45) is 2.42. The molecule has 0 aliphatic carbocycles. The minimum atomic E-state index is 0.339. The summed E-state index contributed by atoms with van der Waals surface area (Å²) in [5, 5.41) is 3.58. The van der Waals surface area contributed by atoms with Crippen LogP contribution in [-0.4, -0.2) is 46.3 Å². The van der Waals surface area contributed by atoms with E-state index in [-0.39, 0.29) is 0 Å². The Hall–Kier alpha value is -1.10. The van der Waals surface area contributed by atoms with Gasteiger partial charge >= 0.3 is 0 Å². The summed E-state index contributed by atoms with van der Waals surface area (Å²) in [4.78, 5) is 2.23.